The quantitative estimate of drug-likeness (QED) is 0.381. The zero-order chi connectivity index (χ0) is 13.7. The van der Waals surface area contributed by atoms with Crippen LogP contribution in [0.25, 0.3) is 11.0 Å². The first-order valence-corrected chi connectivity index (χ1v) is 5.54. The fourth-order valence-corrected chi connectivity index (χ4v) is 2.06. The second-order valence-corrected chi connectivity index (χ2v) is 4.29. The normalized spacial score (nSPS) is 18.3. The first kappa shape index (κ1) is 11.4. The lowest BCUT2D eigenvalue weighted by molar-refractivity contribution is 0.377. The van der Waals surface area contributed by atoms with Gasteiger partial charge in [0.15, 0.2) is 5.75 Å². The van der Waals surface area contributed by atoms with Gasteiger partial charge in [-0.15, -0.1) is 0 Å². The summed E-state index contributed by atoms with van der Waals surface area (Å²) in [5.74, 6) is 0.229. The van der Waals surface area contributed by atoms with Crippen molar-refractivity contribution >= 4 is 16.7 Å². The Balaban J connectivity index is 2.42. The molecule has 1 aliphatic rings. The Bertz CT molecular complexity index is 778. The number of benzene rings is 1. The van der Waals surface area contributed by atoms with Gasteiger partial charge in [0.25, 0.3) is 0 Å². The number of rotatable bonds is 0. The second kappa shape index (κ2) is 3.66. The molecule has 1 aliphatic heterocycles. The molecule has 0 bridgehead atoms. The maximum absolute atomic E-state index is 11.9. The van der Waals surface area contributed by atoms with E-state index < -0.39 is 11.7 Å². The Hall–Kier alpha value is -2.67. The van der Waals surface area contributed by atoms with E-state index in [1.54, 1.807) is 18.2 Å². The molecule has 0 amide bonds. The van der Waals surface area contributed by atoms with Crippen LogP contribution in [0.5, 0.6) is 5.75 Å². The van der Waals surface area contributed by atoms with Gasteiger partial charge in [0.05, 0.1) is 17.1 Å². The SMILES string of the molecule is NC1=C(N)C(N)c2c(c3cc(N)ccc3oc2=O)O1. The first-order chi connectivity index (χ1) is 8.99. The lowest BCUT2D eigenvalue weighted by Gasteiger charge is -2.23. The van der Waals surface area contributed by atoms with Crippen molar-refractivity contribution in [3.05, 3.63) is 45.8 Å². The van der Waals surface area contributed by atoms with Gasteiger partial charge in [-0.1, -0.05) is 0 Å². The van der Waals surface area contributed by atoms with Crippen LogP contribution in [-0.2, 0) is 0 Å². The van der Waals surface area contributed by atoms with Crippen molar-refractivity contribution in [2.24, 2.45) is 17.2 Å². The fraction of sp³-hybridized carbons (Fsp3) is 0.0833. The maximum atomic E-state index is 11.9. The average molecular weight is 260 g/mol. The molecule has 3 rings (SSSR count). The van der Waals surface area contributed by atoms with Crippen LogP contribution in [-0.4, -0.2) is 0 Å². The van der Waals surface area contributed by atoms with Crippen molar-refractivity contribution in [1.82, 2.24) is 0 Å². The molecule has 0 fully saturated rings. The third kappa shape index (κ3) is 1.52. The van der Waals surface area contributed by atoms with Gasteiger partial charge in [-0.3, -0.25) is 0 Å². The number of anilines is 1. The number of fused-ring (bicyclic) bond motifs is 3. The van der Waals surface area contributed by atoms with E-state index in [1.165, 1.54) is 0 Å². The summed E-state index contributed by atoms with van der Waals surface area (Å²) in [6, 6.07) is 3.97. The van der Waals surface area contributed by atoms with E-state index in [-0.39, 0.29) is 22.9 Å². The Kier molecular flexibility index (Phi) is 2.20. The first-order valence-electron chi connectivity index (χ1n) is 5.54. The van der Waals surface area contributed by atoms with Crippen molar-refractivity contribution < 1.29 is 9.15 Å². The lowest BCUT2D eigenvalue weighted by Crippen LogP contribution is -2.33. The second-order valence-electron chi connectivity index (χ2n) is 4.29. The minimum atomic E-state index is -0.856. The molecule has 2 aromatic rings. The highest BCUT2D eigenvalue weighted by molar-refractivity contribution is 5.88. The van der Waals surface area contributed by atoms with Gasteiger partial charge in [-0.25, -0.2) is 4.79 Å². The van der Waals surface area contributed by atoms with E-state index in [4.69, 9.17) is 32.1 Å². The van der Waals surface area contributed by atoms with Gasteiger partial charge in [0.1, 0.15) is 11.1 Å². The Morgan fingerprint density at radius 3 is 2.63 bits per heavy atom. The van der Waals surface area contributed by atoms with Gasteiger partial charge in [-0.05, 0) is 18.2 Å². The summed E-state index contributed by atoms with van der Waals surface area (Å²) >= 11 is 0. The van der Waals surface area contributed by atoms with Crippen LogP contribution in [0, 0.1) is 0 Å². The van der Waals surface area contributed by atoms with E-state index >= 15 is 0 Å². The monoisotopic (exact) mass is 260 g/mol. The van der Waals surface area contributed by atoms with Crippen molar-refractivity contribution in [2.75, 3.05) is 5.73 Å². The summed E-state index contributed by atoms with van der Waals surface area (Å²) in [5.41, 5.74) is 23.4. The van der Waals surface area contributed by atoms with Gasteiger partial charge >= 0.3 is 5.63 Å². The molecule has 0 aliphatic carbocycles. The molecule has 7 nitrogen and oxygen atoms in total. The summed E-state index contributed by atoms with van der Waals surface area (Å²) in [6.45, 7) is 0. The molecule has 19 heavy (non-hydrogen) atoms. The molecule has 2 heterocycles. The van der Waals surface area contributed by atoms with E-state index in [0.717, 1.165) is 0 Å². The Morgan fingerprint density at radius 2 is 1.89 bits per heavy atom. The molecular weight excluding hydrogens is 248 g/mol. The molecule has 1 aromatic heterocycles. The fourth-order valence-electron chi connectivity index (χ4n) is 2.06. The highest BCUT2D eigenvalue weighted by Gasteiger charge is 2.30. The zero-order valence-corrected chi connectivity index (χ0v) is 9.84. The lowest BCUT2D eigenvalue weighted by atomic mass is 10.0. The van der Waals surface area contributed by atoms with Crippen LogP contribution in [0.15, 0.2) is 39.0 Å². The summed E-state index contributed by atoms with van der Waals surface area (Å²) in [7, 11) is 0. The largest absolute Gasteiger partial charge is 0.438 e. The van der Waals surface area contributed by atoms with Crippen molar-refractivity contribution in [3.8, 4) is 5.75 Å². The molecule has 0 radical (unpaired) electrons. The third-order valence-electron chi connectivity index (χ3n) is 3.06. The summed E-state index contributed by atoms with van der Waals surface area (Å²) in [4.78, 5) is 11.9. The predicted octanol–water partition coefficient (Wildman–Crippen LogP) is -0.146. The highest BCUT2D eigenvalue weighted by atomic mass is 16.5. The van der Waals surface area contributed by atoms with Crippen molar-refractivity contribution in [3.63, 3.8) is 0 Å². The van der Waals surface area contributed by atoms with E-state index in [2.05, 4.69) is 0 Å². The number of hydrogen-bond acceptors (Lipinski definition) is 7. The minimum absolute atomic E-state index is 0.0191. The average Bonchev–Trinajstić information content (AvgIpc) is 2.36. The smallest absolute Gasteiger partial charge is 0.345 e. The van der Waals surface area contributed by atoms with Gasteiger partial charge in [-0.2, -0.15) is 0 Å². The van der Waals surface area contributed by atoms with Crippen LogP contribution >= 0.6 is 0 Å². The maximum Gasteiger partial charge on any atom is 0.345 e. The van der Waals surface area contributed by atoms with E-state index in [9.17, 15) is 4.79 Å². The van der Waals surface area contributed by atoms with Crippen molar-refractivity contribution in [2.45, 2.75) is 6.04 Å². The predicted molar refractivity (Wildman–Crippen MR) is 69.9 cm³/mol. The summed E-state index contributed by atoms with van der Waals surface area (Å²) in [5, 5.41) is 0.528. The molecule has 7 heteroatoms. The van der Waals surface area contributed by atoms with E-state index in [0.29, 0.717) is 16.7 Å². The molecule has 0 saturated carbocycles. The van der Waals surface area contributed by atoms with Gasteiger partial charge in [0.2, 0.25) is 5.88 Å². The third-order valence-corrected chi connectivity index (χ3v) is 3.06. The Labute approximate surface area is 107 Å². The number of nitrogen functional groups attached to an aromatic ring is 1. The standard InChI is InChI=1S/C12H12N4O3/c13-4-1-2-6-5(3-4)10-7(12(17)18-6)8(14)9(15)11(16)19-10/h1-3,8H,13-16H2. The van der Waals surface area contributed by atoms with Gasteiger partial charge < -0.3 is 32.1 Å². The Morgan fingerprint density at radius 1 is 1.16 bits per heavy atom. The molecule has 98 valence electrons. The highest BCUT2D eigenvalue weighted by Crippen LogP contribution is 2.37. The number of nitrogens with two attached hydrogens (primary N) is 4. The van der Waals surface area contributed by atoms with Crippen LogP contribution in [0.4, 0.5) is 5.69 Å². The summed E-state index contributed by atoms with van der Waals surface area (Å²) in [6.07, 6.45) is 0. The van der Waals surface area contributed by atoms with Crippen LogP contribution in [0.1, 0.15) is 11.6 Å². The number of hydrogen-bond donors (Lipinski definition) is 4. The topological polar surface area (TPSA) is 144 Å². The van der Waals surface area contributed by atoms with Gasteiger partial charge in [0, 0.05) is 5.69 Å². The molecule has 8 N–H and O–H groups in total. The summed E-state index contributed by atoms with van der Waals surface area (Å²) < 4.78 is 10.6. The van der Waals surface area contributed by atoms with Crippen LogP contribution in [0.3, 0.4) is 0 Å². The molecule has 1 aromatic carbocycles. The van der Waals surface area contributed by atoms with Crippen LogP contribution in [0.2, 0.25) is 0 Å². The molecule has 1 unspecified atom stereocenters. The molecule has 1 atom stereocenters. The van der Waals surface area contributed by atoms with Crippen LogP contribution < -0.4 is 33.3 Å². The molecular formula is C12H12N4O3. The van der Waals surface area contributed by atoms with Crippen molar-refractivity contribution in [1.29, 1.82) is 0 Å². The number of ether oxygens (including phenoxy) is 1. The molecule has 0 spiro atoms. The van der Waals surface area contributed by atoms with E-state index in [1.807, 2.05) is 0 Å². The minimum Gasteiger partial charge on any atom is -0.438 e. The zero-order valence-electron chi connectivity index (χ0n) is 9.84. The molecule has 0 saturated heterocycles.